The van der Waals surface area contributed by atoms with Crippen molar-refractivity contribution in [1.29, 1.82) is 0 Å². The average Bonchev–Trinajstić information content (AvgIpc) is 2.79. The molecule has 0 fully saturated rings. The number of ether oxygens (including phenoxy) is 1. The van der Waals surface area contributed by atoms with E-state index in [0.717, 1.165) is 17.0 Å². The third-order valence-electron chi connectivity index (χ3n) is 4.58. The summed E-state index contributed by atoms with van der Waals surface area (Å²) in [4.78, 5) is 28.6. The van der Waals surface area contributed by atoms with Gasteiger partial charge in [0.05, 0.1) is 23.5 Å². The third-order valence-corrected chi connectivity index (χ3v) is 4.58. The van der Waals surface area contributed by atoms with Gasteiger partial charge in [-0.25, -0.2) is 0 Å². The van der Waals surface area contributed by atoms with E-state index >= 15 is 0 Å². The molecule has 158 valence electrons. The maximum Gasteiger partial charge on any atom is 0.416 e. The van der Waals surface area contributed by atoms with Crippen molar-refractivity contribution in [1.82, 2.24) is 5.32 Å². The number of methoxy groups -OCH3 is 1. The fourth-order valence-corrected chi connectivity index (χ4v) is 3.07. The molecule has 0 aromatic heterocycles. The van der Waals surface area contributed by atoms with Crippen molar-refractivity contribution in [3.8, 4) is 0 Å². The Labute approximate surface area is 171 Å². The first-order valence-corrected chi connectivity index (χ1v) is 9.07. The molecule has 1 aliphatic rings. The van der Waals surface area contributed by atoms with Crippen LogP contribution in [-0.4, -0.2) is 39.1 Å². The van der Waals surface area contributed by atoms with Crippen LogP contribution in [0.3, 0.4) is 0 Å². The number of hydrogen-bond acceptors (Lipinski definition) is 4. The second-order valence-corrected chi connectivity index (χ2v) is 6.55. The number of anilines is 3. The molecule has 0 radical (unpaired) electrons. The number of alkyl halides is 3. The van der Waals surface area contributed by atoms with Gasteiger partial charge >= 0.3 is 6.18 Å². The van der Waals surface area contributed by atoms with Crippen molar-refractivity contribution < 1.29 is 27.5 Å². The second kappa shape index (κ2) is 8.58. The summed E-state index contributed by atoms with van der Waals surface area (Å²) in [5, 5.41) is 2.84. The molecule has 0 atom stereocenters. The van der Waals surface area contributed by atoms with Crippen LogP contribution >= 0.6 is 0 Å². The van der Waals surface area contributed by atoms with E-state index in [4.69, 9.17) is 4.74 Å². The molecule has 1 heterocycles. The van der Waals surface area contributed by atoms with Crippen LogP contribution < -0.4 is 15.1 Å². The fraction of sp³-hybridized carbons (Fsp3) is 0.238. The predicted octanol–water partition coefficient (Wildman–Crippen LogP) is 3.47. The summed E-state index contributed by atoms with van der Waals surface area (Å²) < 4.78 is 45.0. The number of carbonyl (C=O) groups is 2. The summed E-state index contributed by atoms with van der Waals surface area (Å²) in [7, 11) is 2.93. The number of likely N-dealkylation sites (N-methyl/N-ethyl adjacent to an activating group) is 1. The predicted molar refractivity (Wildman–Crippen MR) is 106 cm³/mol. The van der Waals surface area contributed by atoms with E-state index in [0.29, 0.717) is 18.8 Å². The van der Waals surface area contributed by atoms with E-state index in [-0.39, 0.29) is 16.9 Å². The average molecular weight is 419 g/mol. The SMILES string of the molecule is COCCN/C=C1\C(=O)N(C)c2ccc(C(F)(F)F)cc2N(c2ccccc2)C1=O. The Bertz CT molecular complexity index is 974. The first-order chi connectivity index (χ1) is 14.3. The van der Waals surface area contributed by atoms with Crippen molar-refractivity contribution in [3.05, 3.63) is 65.9 Å². The number of benzene rings is 2. The van der Waals surface area contributed by atoms with Gasteiger partial charge in [-0.1, -0.05) is 18.2 Å². The van der Waals surface area contributed by atoms with Crippen LogP contribution in [0.1, 0.15) is 5.56 Å². The van der Waals surface area contributed by atoms with Crippen LogP contribution in [0.4, 0.5) is 30.2 Å². The molecular weight excluding hydrogens is 399 g/mol. The van der Waals surface area contributed by atoms with E-state index in [1.54, 1.807) is 30.3 Å². The lowest BCUT2D eigenvalue weighted by molar-refractivity contribution is -0.137. The molecule has 6 nitrogen and oxygen atoms in total. The van der Waals surface area contributed by atoms with E-state index in [1.165, 1.54) is 31.3 Å². The Hall–Kier alpha value is -3.33. The normalized spacial score (nSPS) is 16.0. The van der Waals surface area contributed by atoms with Gasteiger partial charge < -0.3 is 15.0 Å². The smallest absolute Gasteiger partial charge is 0.388 e. The molecule has 1 N–H and O–H groups in total. The number of halogens is 3. The maximum atomic E-state index is 13.4. The summed E-state index contributed by atoms with van der Waals surface area (Å²) in [6.07, 6.45) is -3.33. The molecule has 9 heteroatoms. The van der Waals surface area contributed by atoms with Crippen molar-refractivity contribution in [2.24, 2.45) is 0 Å². The van der Waals surface area contributed by atoms with E-state index in [2.05, 4.69) is 5.32 Å². The number of nitrogens with zero attached hydrogens (tertiary/aromatic N) is 2. The number of amides is 2. The lowest BCUT2D eigenvalue weighted by Crippen LogP contribution is -2.33. The number of fused-ring (bicyclic) bond motifs is 1. The number of carbonyl (C=O) groups excluding carboxylic acids is 2. The van der Waals surface area contributed by atoms with Gasteiger partial charge in [-0.15, -0.1) is 0 Å². The summed E-state index contributed by atoms with van der Waals surface area (Å²) >= 11 is 0. The van der Waals surface area contributed by atoms with Crippen molar-refractivity contribution in [3.63, 3.8) is 0 Å². The van der Waals surface area contributed by atoms with Crippen LogP contribution in [-0.2, 0) is 20.5 Å². The van der Waals surface area contributed by atoms with Crippen molar-refractivity contribution >= 4 is 28.9 Å². The lowest BCUT2D eigenvalue weighted by atomic mass is 10.1. The molecule has 0 bridgehead atoms. The highest BCUT2D eigenvalue weighted by atomic mass is 19.4. The van der Waals surface area contributed by atoms with E-state index < -0.39 is 23.6 Å². The number of rotatable bonds is 5. The van der Waals surface area contributed by atoms with Gasteiger partial charge in [0.2, 0.25) is 0 Å². The molecule has 0 spiro atoms. The first-order valence-electron chi connectivity index (χ1n) is 9.07. The van der Waals surface area contributed by atoms with Gasteiger partial charge in [-0.2, -0.15) is 13.2 Å². The lowest BCUT2D eigenvalue weighted by Gasteiger charge is -2.25. The molecule has 2 amide bonds. The van der Waals surface area contributed by atoms with Crippen LogP contribution in [0.2, 0.25) is 0 Å². The molecule has 2 aromatic rings. The van der Waals surface area contributed by atoms with Gasteiger partial charge in [0.15, 0.2) is 0 Å². The molecule has 30 heavy (non-hydrogen) atoms. The summed E-state index contributed by atoms with van der Waals surface area (Å²) in [5.41, 5.74) is -0.625. The zero-order valence-corrected chi connectivity index (χ0v) is 16.4. The van der Waals surface area contributed by atoms with Gasteiger partial charge in [0, 0.05) is 32.6 Å². The Morgan fingerprint density at radius 2 is 1.73 bits per heavy atom. The van der Waals surface area contributed by atoms with Crippen LogP contribution in [0.15, 0.2) is 60.3 Å². The quantitative estimate of drug-likeness (QED) is 0.458. The minimum absolute atomic E-state index is 0.0304. The van der Waals surface area contributed by atoms with Crippen LogP contribution in [0, 0.1) is 0 Å². The monoisotopic (exact) mass is 419 g/mol. The Morgan fingerprint density at radius 1 is 1.03 bits per heavy atom. The second-order valence-electron chi connectivity index (χ2n) is 6.55. The van der Waals surface area contributed by atoms with E-state index in [9.17, 15) is 22.8 Å². The van der Waals surface area contributed by atoms with Crippen LogP contribution in [0.25, 0.3) is 0 Å². The fourth-order valence-electron chi connectivity index (χ4n) is 3.07. The number of nitrogens with one attached hydrogen (secondary N) is 1. The Balaban J connectivity index is 2.19. The van der Waals surface area contributed by atoms with Gasteiger partial charge in [-0.05, 0) is 30.3 Å². The van der Waals surface area contributed by atoms with Crippen molar-refractivity contribution in [2.45, 2.75) is 6.18 Å². The Kier molecular flexibility index (Phi) is 6.12. The molecule has 0 saturated carbocycles. The molecular formula is C21H20F3N3O3. The highest BCUT2D eigenvalue weighted by molar-refractivity contribution is 6.32. The molecule has 1 aliphatic heterocycles. The summed E-state index contributed by atoms with van der Waals surface area (Å²) in [5.74, 6) is -1.37. The highest BCUT2D eigenvalue weighted by Crippen LogP contribution is 2.42. The standard InChI is InChI=1S/C21H20F3N3O3/c1-26-17-9-8-14(21(22,23)24)12-18(17)27(15-6-4-3-5-7-15)20(29)16(19(26)28)13-25-10-11-30-2/h3-9,12-13,25H,10-11H2,1-2H3/b16-13+. The molecule has 0 aliphatic carbocycles. The maximum absolute atomic E-state index is 13.4. The third kappa shape index (κ3) is 4.16. The first kappa shape index (κ1) is 21.4. The largest absolute Gasteiger partial charge is 0.416 e. The van der Waals surface area contributed by atoms with Crippen LogP contribution in [0.5, 0.6) is 0 Å². The Morgan fingerprint density at radius 3 is 2.37 bits per heavy atom. The number of para-hydroxylation sites is 1. The molecule has 0 saturated heterocycles. The van der Waals surface area contributed by atoms with Gasteiger partial charge in [-0.3, -0.25) is 14.5 Å². The summed E-state index contributed by atoms with van der Waals surface area (Å²) in [6, 6.07) is 11.2. The minimum atomic E-state index is -4.60. The molecule has 3 rings (SSSR count). The highest BCUT2D eigenvalue weighted by Gasteiger charge is 2.38. The van der Waals surface area contributed by atoms with Gasteiger partial charge in [0.1, 0.15) is 5.57 Å². The van der Waals surface area contributed by atoms with Gasteiger partial charge in [0.25, 0.3) is 11.8 Å². The number of hydrogen-bond donors (Lipinski definition) is 1. The molecule has 2 aromatic carbocycles. The zero-order valence-electron chi connectivity index (χ0n) is 16.4. The van der Waals surface area contributed by atoms with Crippen molar-refractivity contribution in [2.75, 3.05) is 37.1 Å². The topological polar surface area (TPSA) is 61.9 Å². The zero-order chi connectivity index (χ0) is 21.9. The van der Waals surface area contributed by atoms with E-state index in [1.807, 2.05) is 0 Å². The summed E-state index contributed by atoms with van der Waals surface area (Å²) in [6.45, 7) is 0.695. The minimum Gasteiger partial charge on any atom is -0.388 e. The molecule has 0 unspecified atom stereocenters.